The van der Waals surface area contributed by atoms with E-state index in [4.69, 9.17) is 0 Å². The van der Waals surface area contributed by atoms with Crippen LogP contribution in [0.15, 0.2) is 66.9 Å². The molecule has 2 heterocycles. The lowest BCUT2D eigenvalue weighted by molar-refractivity contribution is 0.313. The van der Waals surface area contributed by atoms with Gasteiger partial charge >= 0.3 is 0 Å². The van der Waals surface area contributed by atoms with Crippen molar-refractivity contribution in [3.63, 3.8) is 0 Å². The molecule has 0 amide bonds. The summed E-state index contributed by atoms with van der Waals surface area (Å²) in [6, 6.07) is 21.8. The fourth-order valence-corrected chi connectivity index (χ4v) is 4.04. The van der Waals surface area contributed by atoms with Gasteiger partial charge in [-0.3, -0.25) is 4.68 Å². The van der Waals surface area contributed by atoms with E-state index in [-0.39, 0.29) is 0 Å². The number of aromatic nitrogens is 2. The number of likely N-dealkylation sites (N-methyl/N-ethyl adjacent to an activating group) is 1. The van der Waals surface area contributed by atoms with Crippen molar-refractivity contribution in [3.05, 3.63) is 72.4 Å². The molecule has 0 N–H and O–H groups in total. The SMILES string of the molecule is CN1CCN(c2ccc3cnn(Cc4cccc5ccccc45)c3c2)CC1. The zero-order valence-corrected chi connectivity index (χ0v) is 15.7. The quantitative estimate of drug-likeness (QED) is 0.555. The fraction of sp³-hybridized carbons (Fsp3) is 0.261. The normalized spacial score (nSPS) is 15.7. The number of nitrogens with zero attached hydrogens (tertiary/aromatic N) is 4. The Balaban J connectivity index is 1.51. The second-order valence-electron chi connectivity index (χ2n) is 7.47. The summed E-state index contributed by atoms with van der Waals surface area (Å²) in [5.41, 5.74) is 3.82. The van der Waals surface area contributed by atoms with Crippen LogP contribution in [0.4, 0.5) is 5.69 Å². The van der Waals surface area contributed by atoms with Crippen LogP contribution in [0.25, 0.3) is 21.7 Å². The molecule has 0 spiro atoms. The van der Waals surface area contributed by atoms with E-state index < -0.39 is 0 Å². The minimum absolute atomic E-state index is 0.789. The number of hydrogen-bond acceptors (Lipinski definition) is 3. The van der Waals surface area contributed by atoms with Gasteiger partial charge in [0, 0.05) is 37.3 Å². The summed E-state index contributed by atoms with van der Waals surface area (Å²) < 4.78 is 2.14. The number of hydrogen-bond donors (Lipinski definition) is 0. The summed E-state index contributed by atoms with van der Waals surface area (Å²) in [6.45, 7) is 5.19. The third kappa shape index (κ3) is 3.06. The Hall–Kier alpha value is -2.85. The van der Waals surface area contributed by atoms with Crippen molar-refractivity contribution in [1.82, 2.24) is 14.7 Å². The minimum atomic E-state index is 0.789. The molecule has 4 heteroatoms. The van der Waals surface area contributed by atoms with Gasteiger partial charge in [0.2, 0.25) is 0 Å². The lowest BCUT2D eigenvalue weighted by Crippen LogP contribution is -2.44. The minimum Gasteiger partial charge on any atom is -0.369 e. The summed E-state index contributed by atoms with van der Waals surface area (Å²) >= 11 is 0. The number of rotatable bonds is 3. The maximum Gasteiger partial charge on any atom is 0.0707 e. The molecule has 0 aliphatic carbocycles. The first kappa shape index (κ1) is 16.3. The van der Waals surface area contributed by atoms with E-state index in [1.807, 2.05) is 6.20 Å². The topological polar surface area (TPSA) is 24.3 Å². The first-order valence-electron chi connectivity index (χ1n) is 9.64. The van der Waals surface area contributed by atoms with E-state index >= 15 is 0 Å². The van der Waals surface area contributed by atoms with Crippen molar-refractivity contribution < 1.29 is 0 Å². The number of fused-ring (bicyclic) bond motifs is 2. The van der Waals surface area contributed by atoms with Gasteiger partial charge in [-0.1, -0.05) is 42.5 Å². The van der Waals surface area contributed by atoms with Gasteiger partial charge in [0.25, 0.3) is 0 Å². The maximum atomic E-state index is 4.69. The molecule has 1 aliphatic heterocycles. The highest BCUT2D eigenvalue weighted by Gasteiger charge is 2.15. The molecular formula is C23H24N4. The van der Waals surface area contributed by atoms with Crippen LogP contribution in [-0.2, 0) is 6.54 Å². The third-order valence-electron chi connectivity index (χ3n) is 5.70. The third-order valence-corrected chi connectivity index (χ3v) is 5.70. The molecule has 0 radical (unpaired) electrons. The second-order valence-corrected chi connectivity index (χ2v) is 7.47. The monoisotopic (exact) mass is 356 g/mol. The van der Waals surface area contributed by atoms with Crippen LogP contribution < -0.4 is 4.90 Å². The highest BCUT2D eigenvalue weighted by atomic mass is 15.3. The van der Waals surface area contributed by atoms with Crippen molar-refractivity contribution in [2.75, 3.05) is 38.1 Å². The van der Waals surface area contributed by atoms with Gasteiger partial charge in [0.15, 0.2) is 0 Å². The number of benzene rings is 3. The molecule has 3 aromatic carbocycles. The van der Waals surface area contributed by atoms with E-state index in [9.17, 15) is 0 Å². The van der Waals surface area contributed by atoms with Crippen LogP contribution in [0.5, 0.6) is 0 Å². The van der Waals surface area contributed by atoms with Gasteiger partial charge in [-0.15, -0.1) is 0 Å². The van der Waals surface area contributed by atoms with Crippen molar-refractivity contribution in [3.8, 4) is 0 Å². The van der Waals surface area contributed by atoms with Crippen LogP contribution in [0.1, 0.15) is 5.56 Å². The average molecular weight is 356 g/mol. The zero-order chi connectivity index (χ0) is 18.2. The highest BCUT2D eigenvalue weighted by Crippen LogP contribution is 2.25. The first-order valence-corrected chi connectivity index (χ1v) is 9.64. The van der Waals surface area contributed by atoms with E-state index in [0.717, 1.165) is 32.7 Å². The molecule has 136 valence electrons. The van der Waals surface area contributed by atoms with Crippen LogP contribution in [0.3, 0.4) is 0 Å². The van der Waals surface area contributed by atoms with Crippen LogP contribution in [0, 0.1) is 0 Å². The molecule has 0 unspecified atom stereocenters. The van der Waals surface area contributed by atoms with Gasteiger partial charge in [-0.25, -0.2) is 0 Å². The molecule has 0 saturated carbocycles. The predicted molar refractivity (Wildman–Crippen MR) is 112 cm³/mol. The highest BCUT2D eigenvalue weighted by molar-refractivity contribution is 5.86. The Morgan fingerprint density at radius 2 is 1.67 bits per heavy atom. The Kier molecular flexibility index (Phi) is 4.06. The van der Waals surface area contributed by atoms with Crippen molar-refractivity contribution in [1.29, 1.82) is 0 Å². The molecule has 1 aliphatic rings. The molecule has 0 atom stereocenters. The lowest BCUT2D eigenvalue weighted by Gasteiger charge is -2.34. The largest absolute Gasteiger partial charge is 0.369 e. The van der Waals surface area contributed by atoms with Crippen molar-refractivity contribution >= 4 is 27.4 Å². The maximum absolute atomic E-state index is 4.69. The molecule has 1 saturated heterocycles. The fourth-order valence-electron chi connectivity index (χ4n) is 4.04. The number of piperazine rings is 1. The van der Waals surface area contributed by atoms with Crippen molar-refractivity contribution in [2.45, 2.75) is 6.54 Å². The van der Waals surface area contributed by atoms with E-state index in [2.05, 4.69) is 87.3 Å². The Labute approximate surface area is 159 Å². The van der Waals surface area contributed by atoms with Crippen LogP contribution in [-0.4, -0.2) is 47.9 Å². The molecular weight excluding hydrogens is 332 g/mol. The summed E-state index contributed by atoms with van der Waals surface area (Å²) in [5.74, 6) is 0. The molecule has 5 rings (SSSR count). The predicted octanol–water partition coefficient (Wildman–Crippen LogP) is 3.99. The summed E-state index contributed by atoms with van der Waals surface area (Å²) in [7, 11) is 2.19. The standard InChI is InChI=1S/C23H24N4/c1-25-11-13-26(14-12-25)21-10-9-19-16-24-27(23(19)15-21)17-20-7-4-6-18-5-2-3-8-22(18)20/h2-10,15-16H,11-14,17H2,1H3. The summed E-state index contributed by atoms with van der Waals surface area (Å²) in [4.78, 5) is 4.87. The zero-order valence-electron chi connectivity index (χ0n) is 15.7. The molecule has 1 aromatic heterocycles. The van der Waals surface area contributed by atoms with Gasteiger partial charge < -0.3 is 9.80 Å². The molecule has 0 bridgehead atoms. The van der Waals surface area contributed by atoms with Crippen molar-refractivity contribution in [2.24, 2.45) is 0 Å². The van der Waals surface area contributed by atoms with Gasteiger partial charge in [0.1, 0.15) is 0 Å². The lowest BCUT2D eigenvalue weighted by atomic mass is 10.0. The van der Waals surface area contributed by atoms with E-state index in [1.165, 1.54) is 32.9 Å². The van der Waals surface area contributed by atoms with E-state index in [0.29, 0.717) is 0 Å². The molecule has 1 fully saturated rings. The van der Waals surface area contributed by atoms with Gasteiger partial charge in [-0.2, -0.15) is 5.10 Å². The number of anilines is 1. The summed E-state index contributed by atoms with van der Waals surface area (Å²) in [5, 5.41) is 8.47. The average Bonchev–Trinajstić information content (AvgIpc) is 3.11. The Morgan fingerprint density at radius 1 is 0.852 bits per heavy atom. The van der Waals surface area contributed by atoms with Crippen LogP contribution >= 0.6 is 0 Å². The Bertz CT molecular complexity index is 1080. The van der Waals surface area contributed by atoms with Gasteiger partial charge in [-0.05, 0) is 41.6 Å². The van der Waals surface area contributed by atoms with E-state index in [1.54, 1.807) is 0 Å². The first-order chi connectivity index (χ1) is 13.3. The van der Waals surface area contributed by atoms with Gasteiger partial charge in [0.05, 0.1) is 18.3 Å². The molecule has 4 nitrogen and oxygen atoms in total. The summed E-state index contributed by atoms with van der Waals surface area (Å²) in [6.07, 6.45) is 1.98. The Morgan fingerprint density at radius 3 is 2.56 bits per heavy atom. The molecule has 4 aromatic rings. The smallest absolute Gasteiger partial charge is 0.0707 e. The molecule has 27 heavy (non-hydrogen) atoms. The second kappa shape index (κ2) is 6.71. The van der Waals surface area contributed by atoms with Crippen LogP contribution in [0.2, 0.25) is 0 Å².